The van der Waals surface area contributed by atoms with Crippen molar-refractivity contribution in [2.45, 2.75) is 44.5 Å². The molecule has 2 aromatic rings. The number of aryl methyl sites for hydroxylation is 1. The molecule has 0 aliphatic rings. The monoisotopic (exact) mass is 276 g/mol. The Hall–Kier alpha value is -1.28. The van der Waals surface area contributed by atoms with Crippen molar-refractivity contribution in [2.75, 3.05) is 0 Å². The first kappa shape index (κ1) is 14.1. The maximum atomic E-state index is 6.42. The van der Waals surface area contributed by atoms with Gasteiger partial charge in [0, 0.05) is 12.2 Å². The molecule has 0 aliphatic carbocycles. The van der Waals surface area contributed by atoms with Crippen LogP contribution in [0.2, 0.25) is 0 Å². The van der Waals surface area contributed by atoms with Crippen LogP contribution in [0.5, 0.6) is 0 Å². The van der Waals surface area contributed by atoms with E-state index in [1.165, 1.54) is 5.56 Å². The Balaban J connectivity index is 1.90. The summed E-state index contributed by atoms with van der Waals surface area (Å²) in [6.45, 7) is 4.36. The summed E-state index contributed by atoms with van der Waals surface area (Å²) in [6, 6.07) is 12.8. The Morgan fingerprint density at radius 2 is 1.95 bits per heavy atom. The van der Waals surface area contributed by atoms with Crippen LogP contribution in [0.15, 0.2) is 42.6 Å². The summed E-state index contributed by atoms with van der Waals surface area (Å²) >= 11 is 6.42. The van der Waals surface area contributed by atoms with Crippen LogP contribution < -0.4 is 0 Å². The second-order valence-electron chi connectivity index (χ2n) is 4.96. The Kier molecular flexibility index (Phi) is 5.03. The second-order valence-corrected chi connectivity index (χ2v) is 5.49. The minimum Gasteiger partial charge on any atom is -0.270 e. The van der Waals surface area contributed by atoms with Crippen molar-refractivity contribution in [3.63, 3.8) is 0 Å². The number of alkyl halides is 1. The predicted molar refractivity (Wildman–Crippen MR) is 80.6 cm³/mol. The zero-order chi connectivity index (χ0) is 13.7. The van der Waals surface area contributed by atoms with Crippen molar-refractivity contribution in [3.8, 4) is 0 Å². The summed E-state index contributed by atoms with van der Waals surface area (Å²) in [4.78, 5) is 0. The fourth-order valence-electron chi connectivity index (χ4n) is 2.05. The molecular formula is C16H21ClN2. The van der Waals surface area contributed by atoms with E-state index in [0.717, 1.165) is 25.0 Å². The molecule has 0 bridgehead atoms. The van der Waals surface area contributed by atoms with Gasteiger partial charge in [-0.05, 0) is 37.8 Å². The summed E-state index contributed by atoms with van der Waals surface area (Å²) in [5, 5.41) is 4.67. The molecule has 1 aromatic heterocycles. The van der Waals surface area contributed by atoms with E-state index < -0.39 is 0 Å². The first-order valence-electron chi connectivity index (χ1n) is 6.93. The molecule has 2 unspecified atom stereocenters. The number of benzene rings is 1. The Morgan fingerprint density at radius 1 is 1.21 bits per heavy atom. The van der Waals surface area contributed by atoms with Gasteiger partial charge in [0.15, 0.2) is 0 Å². The molecule has 0 aliphatic heterocycles. The lowest BCUT2D eigenvalue weighted by molar-refractivity contribution is 0.473. The fourth-order valence-corrected chi connectivity index (χ4v) is 2.30. The number of aromatic nitrogens is 2. The zero-order valence-electron chi connectivity index (χ0n) is 11.6. The van der Waals surface area contributed by atoms with E-state index in [2.05, 4.69) is 43.3 Å². The third kappa shape index (κ3) is 3.84. The second kappa shape index (κ2) is 6.76. The first-order chi connectivity index (χ1) is 9.20. The lowest BCUT2D eigenvalue weighted by atomic mass is 10.1. The van der Waals surface area contributed by atoms with Crippen LogP contribution in [0, 0.1) is 0 Å². The molecule has 2 atom stereocenters. The van der Waals surface area contributed by atoms with Crippen LogP contribution in [0.1, 0.15) is 49.4 Å². The van der Waals surface area contributed by atoms with E-state index in [0.29, 0.717) is 6.04 Å². The molecular weight excluding hydrogens is 256 g/mol. The quantitative estimate of drug-likeness (QED) is 0.695. The number of hydrogen-bond donors (Lipinski definition) is 0. The van der Waals surface area contributed by atoms with E-state index in [-0.39, 0.29) is 5.38 Å². The molecule has 0 radical (unpaired) electrons. The molecule has 1 aromatic carbocycles. The van der Waals surface area contributed by atoms with Crippen molar-refractivity contribution in [1.29, 1.82) is 0 Å². The fraction of sp³-hybridized carbons (Fsp3) is 0.438. The van der Waals surface area contributed by atoms with Gasteiger partial charge in [0.25, 0.3) is 0 Å². The lowest BCUT2D eigenvalue weighted by Gasteiger charge is -2.09. The van der Waals surface area contributed by atoms with E-state index in [1.54, 1.807) is 0 Å². The van der Waals surface area contributed by atoms with Crippen LogP contribution in [-0.4, -0.2) is 9.78 Å². The van der Waals surface area contributed by atoms with Gasteiger partial charge in [0.1, 0.15) is 0 Å². The largest absolute Gasteiger partial charge is 0.270 e. The number of hydrogen-bond acceptors (Lipinski definition) is 1. The molecule has 0 N–H and O–H groups in total. The normalized spacial score (nSPS) is 14.3. The van der Waals surface area contributed by atoms with Gasteiger partial charge in [0.2, 0.25) is 0 Å². The highest BCUT2D eigenvalue weighted by molar-refractivity contribution is 6.20. The van der Waals surface area contributed by atoms with Gasteiger partial charge >= 0.3 is 0 Å². The molecule has 1 heterocycles. The third-order valence-corrected chi connectivity index (χ3v) is 3.99. The summed E-state index contributed by atoms with van der Waals surface area (Å²) in [5.74, 6) is 0. The average molecular weight is 277 g/mol. The first-order valence-corrected chi connectivity index (χ1v) is 7.37. The molecule has 0 fully saturated rings. The van der Waals surface area contributed by atoms with Crippen molar-refractivity contribution < 1.29 is 0 Å². The molecule has 2 rings (SSSR count). The van der Waals surface area contributed by atoms with E-state index in [9.17, 15) is 0 Å². The molecule has 0 saturated heterocycles. The molecule has 102 valence electrons. The molecule has 2 nitrogen and oxygen atoms in total. The van der Waals surface area contributed by atoms with Gasteiger partial charge < -0.3 is 0 Å². The highest BCUT2D eigenvalue weighted by Crippen LogP contribution is 2.25. The van der Waals surface area contributed by atoms with Gasteiger partial charge in [-0.3, -0.25) is 4.68 Å². The van der Waals surface area contributed by atoms with Crippen LogP contribution in [-0.2, 0) is 6.42 Å². The van der Waals surface area contributed by atoms with Gasteiger partial charge in [-0.1, -0.05) is 37.3 Å². The summed E-state index contributed by atoms with van der Waals surface area (Å²) < 4.78 is 2.04. The molecule has 0 amide bonds. The Bertz CT molecular complexity index is 492. The van der Waals surface area contributed by atoms with Crippen molar-refractivity contribution in [1.82, 2.24) is 9.78 Å². The maximum Gasteiger partial charge on any atom is 0.0625 e. The van der Waals surface area contributed by atoms with Gasteiger partial charge in [0.05, 0.1) is 11.1 Å². The Morgan fingerprint density at radius 3 is 2.63 bits per heavy atom. The molecule has 0 saturated carbocycles. The highest BCUT2D eigenvalue weighted by Gasteiger charge is 2.09. The van der Waals surface area contributed by atoms with Crippen LogP contribution in [0.3, 0.4) is 0 Å². The van der Waals surface area contributed by atoms with Crippen molar-refractivity contribution in [2.24, 2.45) is 0 Å². The highest BCUT2D eigenvalue weighted by atomic mass is 35.5. The SMILES string of the molecule is CCC(C)n1ccc(CCC(Cl)c2ccccc2)n1. The van der Waals surface area contributed by atoms with Gasteiger partial charge in [-0.2, -0.15) is 5.10 Å². The molecule has 3 heteroatoms. The Labute approximate surface area is 120 Å². The van der Waals surface area contributed by atoms with Crippen molar-refractivity contribution in [3.05, 3.63) is 53.9 Å². The van der Waals surface area contributed by atoms with Crippen LogP contribution in [0.4, 0.5) is 0 Å². The lowest BCUT2D eigenvalue weighted by Crippen LogP contribution is -2.05. The summed E-state index contributed by atoms with van der Waals surface area (Å²) in [5.41, 5.74) is 2.31. The number of halogens is 1. The van der Waals surface area contributed by atoms with Gasteiger partial charge in [-0.15, -0.1) is 11.6 Å². The molecule has 0 spiro atoms. The minimum absolute atomic E-state index is 0.0648. The standard InChI is InChI=1S/C16H21ClN2/c1-3-13(2)19-12-11-15(18-19)9-10-16(17)14-7-5-4-6-8-14/h4-8,11-13,16H,3,9-10H2,1-2H3. The van der Waals surface area contributed by atoms with E-state index in [4.69, 9.17) is 11.6 Å². The van der Waals surface area contributed by atoms with Crippen LogP contribution >= 0.6 is 11.6 Å². The van der Waals surface area contributed by atoms with Crippen LogP contribution in [0.25, 0.3) is 0 Å². The smallest absolute Gasteiger partial charge is 0.0625 e. The molecule has 19 heavy (non-hydrogen) atoms. The predicted octanol–water partition coefficient (Wildman–Crippen LogP) is 4.77. The minimum atomic E-state index is 0.0648. The number of rotatable bonds is 6. The number of nitrogens with zero attached hydrogens (tertiary/aromatic N) is 2. The summed E-state index contributed by atoms with van der Waals surface area (Å²) in [6.07, 6.45) is 5.01. The van der Waals surface area contributed by atoms with Gasteiger partial charge in [-0.25, -0.2) is 0 Å². The van der Waals surface area contributed by atoms with Crippen molar-refractivity contribution >= 4 is 11.6 Å². The average Bonchev–Trinajstić information content (AvgIpc) is 2.93. The third-order valence-electron chi connectivity index (χ3n) is 3.52. The van der Waals surface area contributed by atoms with E-state index >= 15 is 0 Å². The topological polar surface area (TPSA) is 17.8 Å². The van der Waals surface area contributed by atoms with E-state index in [1.807, 2.05) is 22.9 Å². The maximum absolute atomic E-state index is 6.42. The summed E-state index contributed by atoms with van der Waals surface area (Å²) in [7, 11) is 0. The zero-order valence-corrected chi connectivity index (χ0v) is 12.3.